The van der Waals surface area contributed by atoms with Gasteiger partial charge < -0.3 is 11.1 Å². The lowest BCUT2D eigenvalue weighted by atomic mass is 10.1. The number of likely N-dealkylation sites (N-methyl/N-ethyl adjacent to an activating group) is 1. The first-order chi connectivity index (χ1) is 7.49. The molecule has 3 N–H and O–H groups in total. The van der Waals surface area contributed by atoms with Crippen molar-refractivity contribution in [3.05, 3.63) is 28.7 Å². The fourth-order valence-electron chi connectivity index (χ4n) is 1.05. The first-order valence-corrected chi connectivity index (χ1v) is 6.63. The Morgan fingerprint density at radius 2 is 2.19 bits per heavy atom. The van der Waals surface area contributed by atoms with Gasteiger partial charge >= 0.3 is 0 Å². The number of hydrogen-bond donors (Lipinski definition) is 2. The molecular formula is C11H15BrN2OS. The molecule has 0 fully saturated rings. The van der Waals surface area contributed by atoms with Gasteiger partial charge in [-0.3, -0.25) is 4.79 Å². The molecule has 1 rings (SSSR count). The van der Waals surface area contributed by atoms with Crippen LogP contribution < -0.4 is 11.1 Å². The van der Waals surface area contributed by atoms with E-state index >= 15 is 0 Å². The SMILES string of the molecule is CNC(C)(CSc1ccccc1Br)C(N)=O. The summed E-state index contributed by atoms with van der Waals surface area (Å²) in [4.78, 5) is 12.4. The second kappa shape index (κ2) is 5.70. The van der Waals surface area contributed by atoms with E-state index in [-0.39, 0.29) is 5.91 Å². The third-order valence-corrected chi connectivity index (χ3v) is 4.79. The van der Waals surface area contributed by atoms with Crippen LogP contribution in [-0.4, -0.2) is 24.2 Å². The van der Waals surface area contributed by atoms with Gasteiger partial charge in [-0.25, -0.2) is 0 Å². The minimum absolute atomic E-state index is 0.338. The summed E-state index contributed by atoms with van der Waals surface area (Å²) in [6, 6.07) is 7.91. The molecule has 0 radical (unpaired) electrons. The van der Waals surface area contributed by atoms with Crippen molar-refractivity contribution in [1.29, 1.82) is 0 Å². The lowest BCUT2D eigenvalue weighted by Crippen LogP contribution is -2.53. The summed E-state index contributed by atoms with van der Waals surface area (Å²) in [5.41, 5.74) is 4.68. The Morgan fingerprint density at radius 3 is 2.69 bits per heavy atom. The average molecular weight is 303 g/mol. The molecule has 0 aliphatic carbocycles. The van der Waals surface area contributed by atoms with E-state index in [0.29, 0.717) is 5.75 Å². The maximum absolute atomic E-state index is 11.3. The summed E-state index contributed by atoms with van der Waals surface area (Å²) in [7, 11) is 1.74. The minimum Gasteiger partial charge on any atom is -0.368 e. The molecule has 0 spiro atoms. The molecule has 0 aromatic heterocycles. The zero-order valence-electron chi connectivity index (χ0n) is 9.29. The molecule has 1 unspecified atom stereocenters. The summed E-state index contributed by atoms with van der Waals surface area (Å²) < 4.78 is 1.03. The number of nitrogens with one attached hydrogen (secondary N) is 1. The quantitative estimate of drug-likeness (QED) is 0.818. The molecule has 0 saturated carbocycles. The third-order valence-electron chi connectivity index (χ3n) is 2.45. The smallest absolute Gasteiger partial charge is 0.238 e. The van der Waals surface area contributed by atoms with E-state index in [2.05, 4.69) is 21.2 Å². The van der Waals surface area contributed by atoms with E-state index < -0.39 is 5.54 Å². The standard InChI is InChI=1S/C11H15BrN2OS/c1-11(14-2,10(13)15)7-16-9-6-4-3-5-8(9)12/h3-6,14H,7H2,1-2H3,(H2,13,15). The van der Waals surface area contributed by atoms with Gasteiger partial charge in [-0.2, -0.15) is 0 Å². The minimum atomic E-state index is -0.681. The molecule has 1 aromatic rings. The Labute approximate surface area is 108 Å². The molecular weight excluding hydrogens is 288 g/mol. The molecule has 1 atom stereocenters. The van der Waals surface area contributed by atoms with Crippen LogP contribution in [-0.2, 0) is 4.79 Å². The summed E-state index contributed by atoms with van der Waals surface area (Å²) in [5.74, 6) is 0.260. The van der Waals surface area contributed by atoms with Gasteiger partial charge in [0, 0.05) is 15.1 Å². The highest BCUT2D eigenvalue weighted by molar-refractivity contribution is 9.10. The predicted octanol–water partition coefficient (Wildman–Crippen LogP) is 2.00. The normalized spacial score (nSPS) is 14.4. The number of thioether (sulfide) groups is 1. The molecule has 1 amide bonds. The Morgan fingerprint density at radius 1 is 1.56 bits per heavy atom. The van der Waals surface area contributed by atoms with Crippen LogP contribution in [0.3, 0.4) is 0 Å². The van der Waals surface area contributed by atoms with Gasteiger partial charge in [0.2, 0.25) is 5.91 Å². The van der Waals surface area contributed by atoms with E-state index in [1.165, 1.54) is 0 Å². The van der Waals surface area contributed by atoms with Crippen molar-refractivity contribution in [2.45, 2.75) is 17.4 Å². The third kappa shape index (κ3) is 3.23. The van der Waals surface area contributed by atoms with Gasteiger partial charge in [-0.05, 0) is 42.0 Å². The molecule has 0 heterocycles. The molecule has 0 aliphatic rings. The zero-order valence-corrected chi connectivity index (χ0v) is 11.7. The van der Waals surface area contributed by atoms with Crippen molar-refractivity contribution in [1.82, 2.24) is 5.32 Å². The number of halogens is 1. The van der Waals surface area contributed by atoms with Gasteiger partial charge in [0.15, 0.2) is 0 Å². The van der Waals surface area contributed by atoms with Crippen LogP contribution >= 0.6 is 27.7 Å². The fourth-order valence-corrected chi connectivity index (χ4v) is 2.79. The number of amides is 1. The number of hydrogen-bond acceptors (Lipinski definition) is 3. The molecule has 88 valence electrons. The van der Waals surface area contributed by atoms with Crippen LogP contribution in [0.4, 0.5) is 0 Å². The summed E-state index contributed by atoms with van der Waals surface area (Å²) in [6.07, 6.45) is 0. The lowest BCUT2D eigenvalue weighted by Gasteiger charge is -2.24. The van der Waals surface area contributed by atoms with Gasteiger partial charge in [0.1, 0.15) is 5.54 Å². The van der Waals surface area contributed by atoms with Gasteiger partial charge in [0.25, 0.3) is 0 Å². The summed E-state index contributed by atoms with van der Waals surface area (Å²) in [5, 5.41) is 2.96. The number of nitrogens with two attached hydrogens (primary N) is 1. The molecule has 0 saturated heterocycles. The number of benzene rings is 1. The van der Waals surface area contributed by atoms with Crippen molar-refractivity contribution in [3.63, 3.8) is 0 Å². The number of carbonyl (C=O) groups is 1. The van der Waals surface area contributed by atoms with Gasteiger partial charge in [-0.1, -0.05) is 12.1 Å². The van der Waals surface area contributed by atoms with E-state index in [4.69, 9.17) is 5.73 Å². The molecule has 16 heavy (non-hydrogen) atoms. The van der Waals surface area contributed by atoms with Crippen LogP contribution in [0.25, 0.3) is 0 Å². The first-order valence-electron chi connectivity index (χ1n) is 4.86. The average Bonchev–Trinajstić information content (AvgIpc) is 2.27. The number of primary amides is 1. The molecule has 0 bridgehead atoms. The Hall–Kier alpha value is -0.520. The maximum atomic E-state index is 11.3. The highest BCUT2D eigenvalue weighted by Crippen LogP contribution is 2.29. The molecule has 5 heteroatoms. The largest absolute Gasteiger partial charge is 0.368 e. The van der Waals surface area contributed by atoms with Crippen molar-refractivity contribution < 1.29 is 4.79 Å². The van der Waals surface area contributed by atoms with Crippen molar-refractivity contribution >= 4 is 33.6 Å². The Bertz CT molecular complexity index is 386. The topological polar surface area (TPSA) is 55.1 Å². The summed E-state index contributed by atoms with van der Waals surface area (Å²) >= 11 is 5.06. The van der Waals surface area contributed by atoms with Crippen LogP contribution in [0.5, 0.6) is 0 Å². The van der Waals surface area contributed by atoms with Crippen LogP contribution in [0, 0.1) is 0 Å². The Balaban J connectivity index is 2.71. The van der Waals surface area contributed by atoms with E-state index in [1.54, 1.807) is 25.7 Å². The van der Waals surface area contributed by atoms with E-state index in [0.717, 1.165) is 9.37 Å². The van der Waals surface area contributed by atoms with Crippen LogP contribution in [0.1, 0.15) is 6.92 Å². The first kappa shape index (κ1) is 13.5. The second-order valence-corrected chi connectivity index (χ2v) is 5.54. The van der Waals surface area contributed by atoms with Crippen LogP contribution in [0.15, 0.2) is 33.6 Å². The van der Waals surface area contributed by atoms with E-state index in [1.807, 2.05) is 24.3 Å². The lowest BCUT2D eigenvalue weighted by molar-refractivity contribution is -0.122. The maximum Gasteiger partial charge on any atom is 0.238 e. The van der Waals surface area contributed by atoms with E-state index in [9.17, 15) is 4.79 Å². The predicted molar refractivity (Wildman–Crippen MR) is 71.5 cm³/mol. The zero-order chi connectivity index (χ0) is 12.2. The second-order valence-electron chi connectivity index (χ2n) is 3.67. The van der Waals surface area contributed by atoms with Crippen molar-refractivity contribution in [3.8, 4) is 0 Å². The number of rotatable bonds is 5. The monoisotopic (exact) mass is 302 g/mol. The highest BCUT2D eigenvalue weighted by Gasteiger charge is 2.29. The highest BCUT2D eigenvalue weighted by atomic mass is 79.9. The van der Waals surface area contributed by atoms with Crippen LogP contribution in [0.2, 0.25) is 0 Å². The fraction of sp³-hybridized carbons (Fsp3) is 0.364. The molecule has 0 aliphatic heterocycles. The molecule has 1 aromatic carbocycles. The van der Waals surface area contributed by atoms with Crippen molar-refractivity contribution in [2.24, 2.45) is 5.73 Å². The van der Waals surface area contributed by atoms with Gasteiger partial charge in [0.05, 0.1) is 0 Å². The summed E-state index contributed by atoms with van der Waals surface area (Å²) in [6.45, 7) is 1.80. The molecule has 3 nitrogen and oxygen atoms in total. The Kier molecular flexibility index (Phi) is 4.83. The van der Waals surface area contributed by atoms with Gasteiger partial charge in [-0.15, -0.1) is 11.8 Å². The van der Waals surface area contributed by atoms with Crippen molar-refractivity contribution in [2.75, 3.05) is 12.8 Å². The number of carbonyl (C=O) groups excluding carboxylic acids is 1.